The number of nitrogens with one attached hydrogen (secondary N) is 2. The number of H-pyrrole nitrogens is 1. The Morgan fingerprint density at radius 3 is 2.26 bits per heavy atom. The second-order valence-corrected chi connectivity index (χ2v) is 13.4. The van der Waals surface area contributed by atoms with Crippen LogP contribution in [0.3, 0.4) is 0 Å². The number of benzene rings is 3. The highest BCUT2D eigenvalue weighted by molar-refractivity contribution is 6.01. The summed E-state index contributed by atoms with van der Waals surface area (Å²) in [5.41, 5.74) is 2.46. The lowest BCUT2D eigenvalue weighted by Crippen LogP contribution is -2.57. The molecule has 46 heavy (non-hydrogen) atoms. The van der Waals surface area contributed by atoms with E-state index in [2.05, 4.69) is 43.2 Å². The summed E-state index contributed by atoms with van der Waals surface area (Å²) in [6.45, 7) is 6.46. The SMILES string of the molecule is COc1ccc(NC(=O)C2(N(Cc3ccc(C(F)(F)F)cc3)C(=O)C[C@@H]3[C@H](c4c(C)[nH]c5ccccc45)C3(C)C)CCCC2)cc1. The van der Waals surface area contributed by atoms with Gasteiger partial charge >= 0.3 is 6.18 Å². The molecule has 2 N–H and O–H groups in total. The summed E-state index contributed by atoms with van der Waals surface area (Å²) in [5, 5.41) is 4.18. The van der Waals surface area contributed by atoms with Gasteiger partial charge in [0.2, 0.25) is 11.8 Å². The number of nitrogens with zero attached hydrogens (tertiary/aromatic N) is 1. The highest BCUT2D eigenvalue weighted by Gasteiger charge is 2.60. The number of methoxy groups -OCH3 is 1. The molecule has 2 atom stereocenters. The standard InChI is InChI=1S/C37H40F3N3O3/c1-23-32(28-9-5-6-10-30(28)41-23)33-29(35(33,2)3)21-31(44)43(22-24-11-13-25(14-12-24)37(38,39)40)36(19-7-8-20-36)34(45)42-26-15-17-27(46-4)18-16-26/h5-6,9-18,29,33,41H,7-8,19-22H2,1-4H3,(H,42,45)/t29-,33-/m1/s1. The minimum absolute atomic E-state index is 0.0381. The van der Waals surface area contributed by atoms with E-state index in [1.54, 1.807) is 36.3 Å². The maximum absolute atomic E-state index is 14.5. The third-order valence-corrected chi connectivity index (χ3v) is 10.3. The Hall–Kier alpha value is -4.27. The Morgan fingerprint density at radius 1 is 0.978 bits per heavy atom. The van der Waals surface area contributed by atoms with E-state index in [0.717, 1.165) is 41.6 Å². The molecule has 2 aliphatic rings. The van der Waals surface area contributed by atoms with Crippen LogP contribution in [0.25, 0.3) is 10.9 Å². The lowest BCUT2D eigenvalue weighted by atomic mass is 9.91. The molecule has 2 saturated carbocycles. The van der Waals surface area contributed by atoms with Gasteiger partial charge in [-0.3, -0.25) is 9.59 Å². The molecule has 0 unspecified atom stereocenters. The second kappa shape index (κ2) is 11.8. The van der Waals surface area contributed by atoms with E-state index in [0.29, 0.717) is 29.8 Å². The predicted octanol–water partition coefficient (Wildman–Crippen LogP) is 8.61. The van der Waals surface area contributed by atoms with E-state index >= 15 is 0 Å². The van der Waals surface area contributed by atoms with E-state index in [4.69, 9.17) is 4.74 Å². The number of para-hydroxylation sites is 1. The zero-order valence-corrected chi connectivity index (χ0v) is 26.6. The Balaban J connectivity index is 1.32. The summed E-state index contributed by atoms with van der Waals surface area (Å²) in [6.07, 6.45) is -1.76. The molecule has 4 aromatic rings. The van der Waals surface area contributed by atoms with Gasteiger partial charge in [0.1, 0.15) is 11.3 Å². The van der Waals surface area contributed by atoms with Crippen LogP contribution >= 0.6 is 0 Å². The van der Waals surface area contributed by atoms with Gasteiger partial charge in [0.05, 0.1) is 12.7 Å². The van der Waals surface area contributed by atoms with Crippen molar-refractivity contribution < 1.29 is 27.5 Å². The van der Waals surface area contributed by atoms with Crippen LogP contribution in [0.5, 0.6) is 5.75 Å². The molecule has 2 fully saturated rings. The van der Waals surface area contributed by atoms with Crippen molar-refractivity contribution in [2.45, 2.75) is 77.1 Å². The number of aromatic amines is 1. The number of hydrogen-bond acceptors (Lipinski definition) is 3. The van der Waals surface area contributed by atoms with Crippen LogP contribution < -0.4 is 10.1 Å². The fourth-order valence-electron chi connectivity index (χ4n) is 7.66. The van der Waals surface area contributed by atoms with Crippen molar-refractivity contribution >= 4 is 28.4 Å². The van der Waals surface area contributed by atoms with Crippen LogP contribution in [-0.4, -0.2) is 34.3 Å². The van der Waals surface area contributed by atoms with Crippen molar-refractivity contribution in [1.29, 1.82) is 0 Å². The summed E-state index contributed by atoms with van der Waals surface area (Å²) < 4.78 is 45.3. The molecule has 1 aromatic heterocycles. The van der Waals surface area contributed by atoms with Crippen LogP contribution in [0.1, 0.15) is 74.3 Å². The van der Waals surface area contributed by atoms with E-state index in [1.807, 2.05) is 12.1 Å². The van der Waals surface area contributed by atoms with Crippen molar-refractivity contribution in [3.63, 3.8) is 0 Å². The molecular formula is C37H40F3N3O3. The van der Waals surface area contributed by atoms with Gasteiger partial charge in [-0.25, -0.2) is 0 Å². The van der Waals surface area contributed by atoms with Crippen LogP contribution in [-0.2, 0) is 22.3 Å². The van der Waals surface area contributed by atoms with Gasteiger partial charge in [-0.15, -0.1) is 0 Å². The zero-order chi connectivity index (χ0) is 32.9. The number of ether oxygens (including phenoxy) is 1. The number of halogens is 3. The van der Waals surface area contributed by atoms with Gasteiger partial charge < -0.3 is 19.9 Å². The fourth-order valence-corrected chi connectivity index (χ4v) is 7.66. The first-order chi connectivity index (χ1) is 21.8. The zero-order valence-electron chi connectivity index (χ0n) is 26.6. The molecule has 0 spiro atoms. The second-order valence-electron chi connectivity index (χ2n) is 13.4. The molecule has 1 heterocycles. The quantitative estimate of drug-likeness (QED) is 0.194. The molecular weight excluding hydrogens is 591 g/mol. The lowest BCUT2D eigenvalue weighted by molar-refractivity contribution is -0.146. The number of carbonyl (C=O) groups is 2. The number of aryl methyl sites for hydroxylation is 1. The van der Waals surface area contributed by atoms with Crippen LogP contribution in [0, 0.1) is 18.3 Å². The van der Waals surface area contributed by atoms with Crippen molar-refractivity contribution in [1.82, 2.24) is 9.88 Å². The first-order valence-corrected chi connectivity index (χ1v) is 15.8. The predicted molar refractivity (Wildman–Crippen MR) is 172 cm³/mol. The summed E-state index contributed by atoms with van der Waals surface area (Å²) in [4.78, 5) is 33.9. The summed E-state index contributed by atoms with van der Waals surface area (Å²) in [7, 11) is 1.57. The van der Waals surface area contributed by atoms with Gasteiger partial charge in [-0.05, 0) is 90.6 Å². The molecule has 0 radical (unpaired) electrons. The maximum atomic E-state index is 14.5. The monoisotopic (exact) mass is 631 g/mol. The average Bonchev–Trinajstić information content (AvgIpc) is 3.37. The van der Waals surface area contributed by atoms with E-state index in [-0.39, 0.29) is 42.0 Å². The molecule has 9 heteroatoms. The number of anilines is 1. The van der Waals surface area contributed by atoms with Crippen molar-refractivity contribution in [3.05, 3.63) is 95.2 Å². The smallest absolute Gasteiger partial charge is 0.416 e. The molecule has 3 aromatic carbocycles. The largest absolute Gasteiger partial charge is 0.497 e. The number of alkyl halides is 3. The molecule has 0 saturated heterocycles. The van der Waals surface area contributed by atoms with Crippen molar-refractivity contribution in [3.8, 4) is 5.75 Å². The highest BCUT2D eigenvalue weighted by atomic mass is 19.4. The molecule has 6 rings (SSSR count). The van der Waals surface area contributed by atoms with Gasteiger partial charge in [-0.2, -0.15) is 13.2 Å². The molecule has 2 amide bonds. The van der Waals surface area contributed by atoms with Crippen LogP contribution in [0.4, 0.5) is 18.9 Å². The first kappa shape index (κ1) is 31.7. The Kier molecular flexibility index (Phi) is 8.15. The van der Waals surface area contributed by atoms with Crippen molar-refractivity contribution in [2.75, 3.05) is 12.4 Å². The molecule has 6 nitrogen and oxygen atoms in total. The fraction of sp³-hybridized carbons (Fsp3) is 0.405. The third-order valence-electron chi connectivity index (χ3n) is 10.3. The number of aromatic nitrogens is 1. The minimum Gasteiger partial charge on any atom is -0.497 e. The molecule has 2 aliphatic carbocycles. The van der Waals surface area contributed by atoms with Crippen LogP contribution in [0.2, 0.25) is 0 Å². The Bertz CT molecular complexity index is 1740. The number of rotatable bonds is 9. The normalized spacial score (nSPS) is 20.0. The maximum Gasteiger partial charge on any atom is 0.416 e. The topological polar surface area (TPSA) is 74.4 Å². The lowest BCUT2D eigenvalue weighted by Gasteiger charge is -2.40. The Labute approximate surface area is 267 Å². The molecule has 0 aliphatic heterocycles. The van der Waals surface area contributed by atoms with E-state index in [1.165, 1.54) is 17.7 Å². The summed E-state index contributed by atoms with van der Waals surface area (Å²) in [5.74, 6) is 0.392. The van der Waals surface area contributed by atoms with E-state index in [9.17, 15) is 22.8 Å². The van der Waals surface area contributed by atoms with Crippen molar-refractivity contribution in [2.24, 2.45) is 11.3 Å². The van der Waals surface area contributed by atoms with E-state index < -0.39 is 17.3 Å². The third kappa shape index (κ3) is 5.76. The van der Waals surface area contributed by atoms with Gasteiger partial charge in [0.25, 0.3) is 0 Å². The molecule has 242 valence electrons. The number of amides is 2. The number of fused-ring (bicyclic) bond motifs is 1. The van der Waals surface area contributed by atoms with Gasteiger partial charge in [0.15, 0.2) is 0 Å². The molecule has 0 bridgehead atoms. The van der Waals surface area contributed by atoms with Crippen LogP contribution in [0.15, 0.2) is 72.8 Å². The first-order valence-electron chi connectivity index (χ1n) is 15.8. The number of carbonyl (C=O) groups excluding carboxylic acids is 2. The minimum atomic E-state index is -4.47. The van der Waals surface area contributed by atoms with Gasteiger partial charge in [0, 0.05) is 35.2 Å². The average molecular weight is 632 g/mol. The summed E-state index contributed by atoms with van der Waals surface area (Å²) in [6, 6.07) is 20.1. The number of hydrogen-bond donors (Lipinski definition) is 2. The summed E-state index contributed by atoms with van der Waals surface area (Å²) >= 11 is 0. The van der Waals surface area contributed by atoms with Gasteiger partial charge in [-0.1, -0.05) is 57.0 Å². The highest BCUT2D eigenvalue weighted by Crippen LogP contribution is 2.67. The Morgan fingerprint density at radius 2 is 1.63 bits per heavy atom.